The smallest absolute Gasteiger partial charge is 0.318 e. The summed E-state index contributed by atoms with van der Waals surface area (Å²) in [7, 11) is 0. The van der Waals surface area contributed by atoms with Gasteiger partial charge in [0.05, 0.1) is 6.04 Å². The maximum absolute atomic E-state index is 12.5. The first-order valence-corrected chi connectivity index (χ1v) is 8.74. The van der Waals surface area contributed by atoms with E-state index in [0.29, 0.717) is 29.8 Å². The number of urea groups is 1. The van der Waals surface area contributed by atoms with Crippen LogP contribution in [0.2, 0.25) is 5.02 Å². The molecular formula is C17H20ClN5O3. The molecule has 2 aromatic rings. The monoisotopic (exact) mass is 377 g/mol. The first kappa shape index (κ1) is 18.2. The van der Waals surface area contributed by atoms with Gasteiger partial charge >= 0.3 is 6.03 Å². The van der Waals surface area contributed by atoms with Crippen molar-refractivity contribution < 1.29 is 14.1 Å². The number of amides is 3. The Morgan fingerprint density at radius 2 is 2.15 bits per heavy atom. The molecule has 0 aliphatic carbocycles. The highest BCUT2D eigenvalue weighted by atomic mass is 35.5. The molecule has 9 heteroatoms. The number of aromatic nitrogens is 2. The summed E-state index contributed by atoms with van der Waals surface area (Å²) in [5.74, 6) is 0.870. The van der Waals surface area contributed by atoms with E-state index in [2.05, 4.69) is 15.5 Å². The van der Waals surface area contributed by atoms with Crippen molar-refractivity contribution in [2.75, 3.05) is 18.0 Å². The molecule has 1 unspecified atom stereocenters. The number of rotatable bonds is 5. The minimum Gasteiger partial charge on any atom is -0.337 e. The van der Waals surface area contributed by atoms with Crippen molar-refractivity contribution in [3.05, 3.63) is 41.0 Å². The quantitative estimate of drug-likeness (QED) is 0.863. The Bertz CT molecular complexity index is 792. The summed E-state index contributed by atoms with van der Waals surface area (Å²) in [6.45, 7) is 4.71. The highest BCUT2D eigenvalue weighted by Gasteiger charge is 2.32. The zero-order valence-corrected chi connectivity index (χ0v) is 15.4. The second-order valence-electron chi connectivity index (χ2n) is 6.08. The molecule has 1 aromatic carbocycles. The van der Waals surface area contributed by atoms with Crippen molar-refractivity contribution in [2.24, 2.45) is 0 Å². The standard InChI is InChI=1S/C17H20ClN5O3/c1-3-22(10-15-19-11(2)21-26-15)17(25)20-13-8-16(24)23(9-13)14-6-4-12(18)5-7-14/h4-7,13H,3,8-10H2,1-2H3,(H,20,25). The SMILES string of the molecule is CCN(Cc1nc(C)no1)C(=O)NC1CC(=O)N(c2ccc(Cl)cc2)C1. The molecule has 0 bridgehead atoms. The number of carbonyl (C=O) groups excluding carboxylic acids is 2. The third-order valence-electron chi connectivity index (χ3n) is 4.16. The molecule has 1 fully saturated rings. The van der Waals surface area contributed by atoms with Gasteiger partial charge in [-0.05, 0) is 38.1 Å². The van der Waals surface area contributed by atoms with E-state index >= 15 is 0 Å². The molecular weight excluding hydrogens is 358 g/mol. The number of carbonyl (C=O) groups is 2. The number of nitrogens with zero attached hydrogens (tertiary/aromatic N) is 4. The molecule has 3 rings (SSSR count). The van der Waals surface area contributed by atoms with Crippen molar-refractivity contribution in [1.82, 2.24) is 20.4 Å². The van der Waals surface area contributed by atoms with Gasteiger partial charge in [-0.1, -0.05) is 16.8 Å². The van der Waals surface area contributed by atoms with Crippen LogP contribution in [-0.4, -0.2) is 46.1 Å². The molecule has 2 heterocycles. The van der Waals surface area contributed by atoms with Gasteiger partial charge in [0, 0.05) is 30.2 Å². The topological polar surface area (TPSA) is 91.6 Å². The lowest BCUT2D eigenvalue weighted by atomic mass is 10.2. The number of hydrogen-bond donors (Lipinski definition) is 1. The normalized spacial score (nSPS) is 16.8. The van der Waals surface area contributed by atoms with Gasteiger partial charge in [0.15, 0.2) is 5.82 Å². The van der Waals surface area contributed by atoms with Crippen molar-refractivity contribution in [3.63, 3.8) is 0 Å². The predicted octanol–water partition coefficient (Wildman–Crippen LogP) is 2.37. The van der Waals surface area contributed by atoms with Crippen LogP contribution in [0.1, 0.15) is 25.1 Å². The summed E-state index contributed by atoms with van der Waals surface area (Å²) in [5, 5.41) is 7.24. The average Bonchev–Trinajstić information content (AvgIpc) is 3.18. The van der Waals surface area contributed by atoms with Gasteiger partial charge in [-0.3, -0.25) is 4.79 Å². The van der Waals surface area contributed by atoms with Crippen molar-refractivity contribution in [3.8, 4) is 0 Å². The molecule has 0 saturated carbocycles. The number of benzene rings is 1. The number of aryl methyl sites for hydroxylation is 1. The van der Waals surface area contributed by atoms with E-state index < -0.39 is 0 Å². The van der Waals surface area contributed by atoms with Gasteiger partial charge < -0.3 is 19.6 Å². The fraction of sp³-hybridized carbons (Fsp3) is 0.412. The molecule has 1 aliphatic heterocycles. The van der Waals surface area contributed by atoms with E-state index in [-0.39, 0.29) is 30.9 Å². The van der Waals surface area contributed by atoms with E-state index in [1.165, 1.54) is 0 Å². The highest BCUT2D eigenvalue weighted by molar-refractivity contribution is 6.30. The van der Waals surface area contributed by atoms with Crippen molar-refractivity contribution in [1.29, 1.82) is 0 Å². The van der Waals surface area contributed by atoms with Crippen molar-refractivity contribution >= 4 is 29.2 Å². The fourth-order valence-corrected chi connectivity index (χ4v) is 2.96. The Morgan fingerprint density at radius 1 is 1.42 bits per heavy atom. The minimum absolute atomic E-state index is 0.0341. The lowest BCUT2D eigenvalue weighted by molar-refractivity contribution is -0.117. The fourth-order valence-electron chi connectivity index (χ4n) is 2.84. The van der Waals surface area contributed by atoms with Gasteiger partial charge in [0.1, 0.15) is 6.54 Å². The molecule has 138 valence electrons. The molecule has 1 saturated heterocycles. The van der Waals surface area contributed by atoms with E-state index in [0.717, 1.165) is 5.69 Å². The zero-order chi connectivity index (χ0) is 18.7. The Balaban J connectivity index is 1.60. The van der Waals surface area contributed by atoms with E-state index in [1.807, 2.05) is 6.92 Å². The van der Waals surface area contributed by atoms with Crippen LogP contribution < -0.4 is 10.2 Å². The Morgan fingerprint density at radius 3 is 2.77 bits per heavy atom. The minimum atomic E-state index is -0.265. The molecule has 3 amide bonds. The molecule has 1 N–H and O–H groups in total. The molecule has 1 aliphatic rings. The lowest BCUT2D eigenvalue weighted by Crippen LogP contribution is -2.45. The Kier molecular flexibility index (Phi) is 5.41. The van der Waals surface area contributed by atoms with Gasteiger partial charge in [-0.25, -0.2) is 4.79 Å². The highest BCUT2D eigenvalue weighted by Crippen LogP contribution is 2.23. The van der Waals surface area contributed by atoms with Crippen LogP contribution in [0, 0.1) is 6.92 Å². The number of anilines is 1. The van der Waals surface area contributed by atoms with Crippen LogP contribution in [0.4, 0.5) is 10.5 Å². The number of hydrogen-bond acceptors (Lipinski definition) is 5. The molecule has 1 aromatic heterocycles. The summed E-state index contributed by atoms with van der Waals surface area (Å²) in [6.07, 6.45) is 0.256. The summed E-state index contributed by atoms with van der Waals surface area (Å²) in [4.78, 5) is 32.1. The van der Waals surface area contributed by atoms with Crippen molar-refractivity contribution in [2.45, 2.75) is 32.9 Å². The number of nitrogens with one attached hydrogen (secondary N) is 1. The second-order valence-corrected chi connectivity index (χ2v) is 6.52. The molecule has 26 heavy (non-hydrogen) atoms. The summed E-state index contributed by atoms with van der Waals surface area (Å²) < 4.78 is 5.06. The second kappa shape index (κ2) is 7.74. The summed E-state index contributed by atoms with van der Waals surface area (Å²) >= 11 is 5.89. The lowest BCUT2D eigenvalue weighted by Gasteiger charge is -2.22. The maximum atomic E-state index is 12.5. The van der Waals surface area contributed by atoms with Crippen LogP contribution in [-0.2, 0) is 11.3 Å². The van der Waals surface area contributed by atoms with E-state index in [9.17, 15) is 9.59 Å². The molecule has 0 radical (unpaired) electrons. The number of halogens is 1. The van der Waals surface area contributed by atoms with E-state index in [1.54, 1.807) is 41.0 Å². The van der Waals surface area contributed by atoms with Gasteiger partial charge in [-0.2, -0.15) is 4.98 Å². The predicted molar refractivity (Wildman–Crippen MR) is 95.9 cm³/mol. The molecule has 1 atom stereocenters. The van der Waals surface area contributed by atoms with Gasteiger partial charge in [-0.15, -0.1) is 0 Å². The van der Waals surface area contributed by atoms with Gasteiger partial charge in [0.2, 0.25) is 11.8 Å². The van der Waals surface area contributed by atoms with Crippen LogP contribution in [0.3, 0.4) is 0 Å². The summed E-state index contributed by atoms with van der Waals surface area (Å²) in [5.41, 5.74) is 0.768. The molecule has 8 nitrogen and oxygen atoms in total. The summed E-state index contributed by atoms with van der Waals surface area (Å²) in [6, 6.07) is 6.53. The first-order valence-electron chi connectivity index (χ1n) is 8.37. The molecule has 0 spiro atoms. The van der Waals surface area contributed by atoms with Crippen LogP contribution in [0.5, 0.6) is 0 Å². The Labute approximate surface area is 156 Å². The first-order chi connectivity index (χ1) is 12.5. The third-order valence-corrected chi connectivity index (χ3v) is 4.41. The van der Waals surface area contributed by atoms with Crippen LogP contribution >= 0.6 is 11.6 Å². The average molecular weight is 378 g/mol. The van der Waals surface area contributed by atoms with E-state index in [4.69, 9.17) is 16.1 Å². The van der Waals surface area contributed by atoms with Gasteiger partial charge in [0.25, 0.3) is 0 Å². The van der Waals surface area contributed by atoms with Crippen LogP contribution in [0.15, 0.2) is 28.8 Å². The zero-order valence-electron chi connectivity index (χ0n) is 14.6. The Hall–Kier alpha value is -2.61. The largest absolute Gasteiger partial charge is 0.337 e. The maximum Gasteiger partial charge on any atom is 0.318 e. The third kappa shape index (κ3) is 4.13. The van der Waals surface area contributed by atoms with Crippen LogP contribution in [0.25, 0.3) is 0 Å².